The second-order valence-corrected chi connectivity index (χ2v) is 7.72. The Labute approximate surface area is 199 Å². The van der Waals surface area contributed by atoms with Crippen molar-refractivity contribution in [2.75, 3.05) is 10.6 Å². The molecule has 0 aliphatic rings. The number of carbonyl (C=O) groups excluding carboxylic acids is 2. The van der Waals surface area contributed by atoms with Crippen molar-refractivity contribution in [3.8, 4) is 11.1 Å². The maximum Gasteiger partial charge on any atom is 0.416 e. The molecule has 1 heterocycles. The lowest BCUT2D eigenvalue weighted by Gasteiger charge is -2.17. The standard InChI is InChI=1S/C25H22F3N3O4/c1-3-19-17(8-5-9-29-19)15-6-4-7-16(11-15)22(32)13-23(33)30-21-12-18(25(26,27)28)14(2)10-20(21)31-24(34)35/h4-12,31H,3,13H2,1-2H3,(H,30,33)(H,34,35). The van der Waals surface area contributed by atoms with Gasteiger partial charge in [-0.05, 0) is 48.7 Å². The Morgan fingerprint density at radius 3 is 2.37 bits per heavy atom. The van der Waals surface area contributed by atoms with Crippen LogP contribution in [-0.2, 0) is 17.4 Å². The third-order valence-electron chi connectivity index (χ3n) is 5.23. The summed E-state index contributed by atoms with van der Waals surface area (Å²) in [6.45, 7) is 3.12. The number of halogens is 3. The molecule has 3 aromatic rings. The van der Waals surface area contributed by atoms with E-state index in [4.69, 9.17) is 5.11 Å². The van der Waals surface area contributed by atoms with E-state index >= 15 is 0 Å². The fourth-order valence-electron chi connectivity index (χ4n) is 3.62. The largest absolute Gasteiger partial charge is 0.465 e. The van der Waals surface area contributed by atoms with Crippen molar-refractivity contribution in [3.05, 3.63) is 77.1 Å². The van der Waals surface area contributed by atoms with Crippen LogP contribution in [0.15, 0.2) is 54.7 Å². The third kappa shape index (κ3) is 6.23. The monoisotopic (exact) mass is 485 g/mol. The molecule has 0 aliphatic heterocycles. The fraction of sp³-hybridized carbons (Fsp3) is 0.200. The van der Waals surface area contributed by atoms with E-state index in [1.54, 1.807) is 24.4 Å². The first-order valence-electron chi connectivity index (χ1n) is 10.6. The molecule has 2 amide bonds. The summed E-state index contributed by atoms with van der Waals surface area (Å²) in [5.41, 5.74) is 0.759. The molecule has 0 radical (unpaired) electrons. The molecule has 0 saturated heterocycles. The highest BCUT2D eigenvalue weighted by atomic mass is 19.4. The number of aromatic nitrogens is 1. The van der Waals surface area contributed by atoms with E-state index in [0.717, 1.165) is 22.9 Å². The molecular formula is C25H22F3N3O4. The van der Waals surface area contributed by atoms with Crippen LogP contribution >= 0.6 is 0 Å². The minimum absolute atomic E-state index is 0.228. The topological polar surface area (TPSA) is 108 Å². The number of anilines is 2. The van der Waals surface area contributed by atoms with E-state index in [9.17, 15) is 27.6 Å². The molecule has 0 atom stereocenters. The zero-order valence-corrected chi connectivity index (χ0v) is 18.9. The van der Waals surface area contributed by atoms with E-state index in [1.165, 1.54) is 13.0 Å². The number of nitrogens with zero attached hydrogens (tertiary/aromatic N) is 1. The van der Waals surface area contributed by atoms with Crippen molar-refractivity contribution < 1.29 is 32.7 Å². The van der Waals surface area contributed by atoms with Gasteiger partial charge in [0.1, 0.15) is 0 Å². The Morgan fingerprint density at radius 2 is 1.71 bits per heavy atom. The molecule has 2 aromatic carbocycles. The fourth-order valence-corrected chi connectivity index (χ4v) is 3.62. The summed E-state index contributed by atoms with van der Waals surface area (Å²) < 4.78 is 39.9. The highest BCUT2D eigenvalue weighted by molar-refractivity contribution is 6.12. The first-order chi connectivity index (χ1) is 16.5. The summed E-state index contributed by atoms with van der Waals surface area (Å²) in [5, 5.41) is 13.2. The number of carbonyl (C=O) groups is 3. The molecule has 0 spiro atoms. The van der Waals surface area contributed by atoms with E-state index < -0.39 is 41.6 Å². The van der Waals surface area contributed by atoms with Gasteiger partial charge in [-0.15, -0.1) is 0 Å². The normalized spacial score (nSPS) is 11.1. The van der Waals surface area contributed by atoms with Crippen LogP contribution in [0.5, 0.6) is 0 Å². The number of hydrogen-bond acceptors (Lipinski definition) is 4. The van der Waals surface area contributed by atoms with Gasteiger partial charge in [-0.1, -0.05) is 31.2 Å². The Hall–Kier alpha value is -4.21. The average molecular weight is 485 g/mol. The van der Waals surface area contributed by atoms with Crippen molar-refractivity contribution in [1.29, 1.82) is 0 Å². The summed E-state index contributed by atoms with van der Waals surface area (Å²) in [5.74, 6) is -1.44. The number of hydrogen-bond donors (Lipinski definition) is 3. The number of rotatable bonds is 7. The van der Waals surface area contributed by atoms with Crippen LogP contribution in [0.3, 0.4) is 0 Å². The van der Waals surface area contributed by atoms with E-state index in [2.05, 4.69) is 10.3 Å². The number of aryl methyl sites for hydroxylation is 2. The van der Waals surface area contributed by atoms with Gasteiger partial charge in [-0.25, -0.2) is 4.79 Å². The number of Topliss-reactive ketones (excluding diaryl/α,β-unsaturated/α-hetero) is 1. The van der Waals surface area contributed by atoms with Gasteiger partial charge >= 0.3 is 12.3 Å². The van der Waals surface area contributed by atoms with Gasteiger partial charge < -0.3 is 10.4 Å². The lowest BCUT2D eigenvalue weighted by molar-refractivity contribution is -0.138. The van der Waals surface area contributed by atoms with E-state index in [-0.39, 0.29) is 16.8 Å². The van der Waals surface area contributed by atoms with Crippen LogP contribution in [0.25, 0.3) is 11.1 Å². The van der Waals surface area contributed by atoms with Crippen LogP contribution in [-0.4, -0.2) is 27.9 Å². The lowest BCUT2D eigenvalue weighted by Crippen LogP contribution is -2.20. The van der Waals surface area contributed by atoms with Gasteiger partial charge in [-0.2, -0.15) is 13.2 Å². The molecule has 10 heteroatoms. The quantitative estimate of drug-likeness (QED) is 0.284. The smallest absolute Gasteiger partial charge is 0.416 e. The van der Waals surface area contributed by atoms with Crippen LogP contribution in [0, 0.1) is 6.92 Å². The van der Waals surface area contributed by atoms with Crippen LogP contribution in [0.1, 0.15) is 40.5 Å². The second kappa shape index (κ2) is 10.4. The summed E-state index contributed by atoms with van der Waals surface area (Å²) >= 11 is 0. The molecule has 7 nitrogen and oxygen atoms in total. The molecule has 3 N–H and O–H groups in total. The van der Waals surface area contributed by atoms with Crippen molar-refractivity contribution in [1.82, 2.24) is 4.98 Å². The number of pyridine rings is 1. The molecule has 0 fully saturated rings. The molecule has 182 valence electrons. The Kier molecular flexibility index (Phi) is 7.53. The Bertz CT molecular complexity index is 1290. The first-order valence-corrected chi connectivity index (χ1v) is 10.6. The Balaban J connectivity index is 1.84. The molecule has 1 aromatic heterocycles. The number of carboxylic acid groups (broad SMARTS) is 1. The van der Waals surface area contributed by atoms with Gasteiger partial charge in [0.05, 0.1) is 23.4 Å². The number of ketones is 1. The van der Waals surface area contributed by atoms with Crippen LogP contribution in [0.4, 0.5) is 29.3 Å². The van der Waals surface area contributed by atoms with Gasteiger partial charge in [-0.3, -0.25) is 19.9 Å². The molecule has 0 bridgehead atoms. The molecule has 35 heavy (non-hydrogen) atoms. The molecule has 0 unspecified atom stereocenters. The lowest BCUT2D eigenvalue weighted by atomic mass is 9.98. The highest BCUT2D eigenvalue weighted by Crippen LogP contribution is 2.37. The molecule has 0 aliphatic carbocycles. The Morgan fingerprint density at radius 1 is 1.00 bits per heavy atom. The minimum Gasteiger partial charge on any atom is -0.465 e. The maximum atomic E-state index is 13.3. The van der Waals surface area contributed by atoms with Crippen LogP contribution in [0.2, 0.25) is 0 Å². The van der Waals surface area contributed by atoms with Crippen molar-refractivity contribution in [2.24, 2.45) is 0 Å². The average Bonchev–Trinajstić information content (AvgIpc) is 2.79. The number of benzene rings is 2. The summed E-state index contributed by atoms with van der Waals surface area (Å²) in [6, 6.07) is 11.9. The molecule has 3 rings (SSSR count). The summed E-state index contributed by atoms with van der Waals surface area (Å²) in [4.78, 5) is 40.7. The van der Waals surface area contributed by atoms with Gasteiger partial charge in [0.25, 0.3) is 0 Å². The SMILES string of the molecule is CCc1ncccc1-c1cccc(C(=O)CC(=O)Nc2cc(C(F)(F)F)c(C)cc2NC(=O)O)c1. The van der Waals surface area contributed by atoms with Crippen LogP contribution < -0.4 is 10.6 Å². The highest BCUT2D eigenvalue weighted by Gasteiger charge is 2.33. The molecular weight excluding hydrogens is 463 g/mol. The minimum atomic E-state index is -4.72. The molecule has 0 saturated carbocycles. The zero-order valence-electron chi connectivity index (χ0n) is 18.9. The zero-order chi connectivity index (χ0) is 25.8. The van der Waals surface area contributed by atoms with Crippen molar-refractivity contribution >= 4 is 29.2 Å². The predicted molar refractivity (Wildman–Crippen MR) is 124 cm³/mol. The van der Waals surface area contributed by atoms with Gasteiger partial charge in [0.2, 0.25) is 5.91 Å². The van der Waals surface area contributed by atoms with E-state index in [1.807, 2.05) is 24.4 Å². The summed E-state index contributed by atoms with van der Waals surface area (Å²) in [7, 11) is 0. The number of nitrogens with one attached hydrogen (secondary N) is 2. The van der Waals surface area contributed by atoms with Gasteiger partial charge in [0.15, 0.2) is 5.78 Å². The van der Waals surface area contributed by atoms with Gasteiger partial charge in [0, 0.05) is 23.0 Å². The predicted octanol–water partition coefficient (Wildman–Crippen LogP) is 5.94. The summed E-state index contributed by atoms with van der Waals surface area (Å²) in [6.07, 6.45) is -4.54. The van der Waals surface area contributed by atoms with Crippen molar-refractivity contribution in [2.45, 2.75) is 32.9 Å². The third-order valence-corrected chi connectivity index (χ3v) is 5.23. The number of alkyl halides is 3. The second-order valence-electron chi connectivity index (χ2n) is 7.72. The van der Waals surface area contributed by atoms with E-state index in [0.29, 0.717) is 12.5 Å². The maximum absolute atomic E-state index is 13.3. The first kappa shape index (κ1) is 25.4. The van der Waals surface area contributed by atoms with Crippen molar-refractivity contribution in [3.63, 3.8) is 0 Å². The number of amides is 2.